The average molecular weight is 201 g/mol. The molecule has 0 aromatic heterocycles. The standard InChI is InChI=1S/C10H7ClF2/c11-9-8(10(9,12)13)6-7-4-2-1-3-5-7/h1-5H,6H2. The van der Waals surface area contributed by atoms with Crippen LogP contribution in [-0.2, 0) is 6.42 Å². The fourth-order valence-corrected chi connectivity index (χ4v) is 1.49. The molecule has 0 aliphatic heterocycles. The van der Waals surface area contributed by atoms with Gasteiger partial charge in [-0.25, -0.2) is 0 Å². The predicted octanol–water partition coefficient (Wildman–Crippen LogP) is 3.37. The van der Waals surface area contributed by atoms with E-state index in [0.29, 0.717) is 0 Å². The maximum Gasteiger partial charge on any atom is 0.306 e. The van der Waals surface area contributed by atoms with Gasteiger partial charge in [0.2, 0.25) is 0 Å². The SMILES string of the molecule is FC1(F)C(Cl)=C1Cc1ccccc1. The van der Waals surface area contributed by atoms with Gasteiger partial charge in [0.15, 0.2) is 0 Å². The van der Waals surface area contributed by atoms with Gasteiger partial charge in [-0.05, 0) is 5.56 Å². The van der Waals surface area contributed by atoms with Gasteiger partial charge in [0, 0.05) is 12.0 Å². The molecule has 2 rings (SSSR count). The molecule has 1 aliphatic carbocycles. The molecular weight excluding hydrogens is 194 g/mol. The summed E-state index contributed by atoms with van der Waals surface area (Å²) in [6, 6.07) is 9.12. The van der Waals surface area contributed by atoms with Crippen LogP contribution >= 0.6 is 11.6 Å². The number of rotatable bonds is 2. The van der Waals surface area contributed by atoms with E-state index in [1.807, 2.05) is 30.3 Å². The van der Waals surface area contributed by atoms with Crippen LogP contribution in [0.1, 0.15) is 5.56 Å². The summed E-state index contributed by atoms with van der Waals surface area (Å²) < 4.78 is 25.3. The Balaban J connectivity index is 2.10. The van der Waals surface area contributed by atoms with Crippen molar-refractivity contribution in [3.63, 3.8) is 0 Å². The molecule has 0 spiro atoms. The number of benzene rings is 1. The Morgan fingerprint density at radius 3 is 2.15 bits per heavy atom. The summed E-state index contributed by atoms with van der Waals surface area (Å²) in [6.45, 7) is 0. The first-order valence-corrected chi connectivity index (χ1v) is 4.31. The molecule has 0 saturated heterocycles. The lowest BCUT2D eigenvalue weighted by atomic mass is 10.1. The van der Waals surface area contributed by atoms with Crippen LogP contribution in [-0.4, -0.2) is 5.92 Å². The van der Waals surface area contributed by atoms with Crippen LogP contribution < -0.4 is 0 Å². The minimum absolute atomic E-state index is 0.0559. The Labute approximate surface area is 79.8 Å². The molecule has 0 fully saturated rings. The molecule has 1 aromatic rings. The van der Waals surface area contributed by atoms with Crippen LogP contribution in [0, 0.1) is 0 Å². The van der Waals surface area contributed by atoms with Gasteiger partial charge in [-0.3, -0.25) is 0 Å². The lowest BCUT2D eigenvalue weighted by molar-refractivity contribution is 0.138. The molecular formula is C10H7ClF2. The molecule has 1 aromatic carbocycles. The van der Waals surface area contributed by atoms with Gasteiger partial charge in [0.05, 0.1) is 5.03 Å². The topological polar surface area (TPSA) is 0 Å². The van der Waals surface area contributed by atoms with Crippen molar-refractivity contribution in [1.29, 1.82) is 0 Å². The third-order valence-corrected chi connectivity index (χ3v) is 2.55. The van der Waals surface area contributed by atoms with E-state index in [2.05, 4.69) is 0 Å². The highest BCUT2D eigenvalue weighted by molar-refractivity contribution is 6.34. The van der Waals surface area contributed by atoms with Crippen molar-refractivity contribution in [3.05, 3.63) is 46.5 Å². The Morgan fingerprint density at radius 2 is 1.69 bits per heavy atom. The predicted molar refractivity (Wildman–Crippen MR) is 48.0 cm³/mol. The van der Waals surface area contributed by atoms with Crippen LogP contribution in [0.2, 0.25) is 0 Å². The van der Waals surface area contributed by atoms with E-state index in [4.69, 9.17) is 11.6 Å². The molecule has 0 nitrogen and oxygen atoms in total. The van der Waals surface area contributed by atoms with E-state index in [0.717, 1.165) is 5.56 Å². The van der Waals surface area contributed by atoms with Gasteiger partial charge < -0.3 is 0 Å². The molecule has 0 radical (unpaired) electrons. The highest BCUT2D eigenvalue weighted by Gasteiger charge is 2.54. The van der Waals surface area contributed by atoms with Gasteiger partial charge in [0.1, 0.15) is 0 Å². The molecule has 13 heavy (non-hydrogen) atoms. The van der Waals surface area contributed by atoms with E-state index >= 15 is 0 Å². The first-order chi connectivity index (χ1) is 6.12. The van der Waals surface area contributed by atoms with Crippen molar-refractivity contribution in [1.82, 2.24) is 0 Å². The van der Waals surface area contributed by atoms with E-state index in [9.17, 15) is 8.78 Å². The molecule has 3 heteroatoms. The molecule has 0 heterocycles. The van der Waals surface area contributed by atoms with Gasteiger partial charge in [-0.15, -0.1) is 0 Å². The number of hydrogen-bond donors (Lipinski definition) is 0. The minimum atomic E-state index is -2.82. The van der Waals surface area contributed by atoms with Crippen molar-refractivity contribution in [2.75, 3.05) is 0 Å². The quantitative estimate of drug-likeness (QED) is 0.687. The largest absolute Gasteiger partial charge is 0.306 e. The Kier molecular flexibility index (Phi) is 1.88. The summed E-state index contributed by atoms with van der Waals surface area (Å²) in [5.74, 6) is -2.82. The zero-order chi connectivity index (χ0) is 9.47. The molecule has 0 bridgehead atoms. The van der Waals surface area contributed by atoms with Gasteiger partial charge in [0.25, 0.3) is 0 Å². The summed E-state index contributed by atoms with van der Waals surface area (Å²) in [5.41, 5.74) is 0.924. The van der Waals surface area contributed by atoms with Crippen molar-refractivity contribution in [2.45, 2.75) is 12.3 Å². The summed E-state index contributed by atoms with van der Waals surface area (Å²) in [5, 5.41) is -0.281. The monoisotopic (exact) mass is 200 g/mol. The third-order valence-electron chi connectivity index (χ3n) is 2.08. The minimum Gasteiger partial charge on any atom is -0.195 e. The Morgan fingerprint density at radius 1 is 1.15 bits per heavy atom. The van der Waals surface area contributed by atoms with E-state index in [1.54, 1.807) is 0 Å². The summed E-state index contributed by atoms with van der Waals surface area (Å²) in [6.07, 6.45) is 0.257. The zero-order valence-electron chi connectivity index (χ0n) is 6.73. The maximum absolute atomic E-state index is 12.7. The highest BCUT2D eigenvalue weighted by Crippen LogP contribution is 2.52. The normalized spacial score (nSPS) is 19.0. The fourth-order valence-electron chi connectivity index (χ4n) is 1.24. The summed E-state index contributed by atoms with van der Waals surface area (Å²) in [7, 11) is 0. The van der Waals surface area contributed by atoms with Crippen LogP contribution in [0.4, 0.5) is 8.78 Å². The first kappa shape index (κ1) is 8.70. The number of hydrogen-bond acceptors (Lipinski definition) is 0. The van der Waals surface area contributed by atoms with Crippen molar-refractivity contribution in [3.8, 4) is 0 Å². The van der Waals surface area contributed by atoms with E-state index in [-0.39, 0.29) is 17.0 Å². The molecule has 0 saturated carbocycles. The molecule has 0 amide bonds. The molecule has 0 unspecified atom stereocenters. The molecule has 0 N–H and O–H groups in total. The van der Waals surface area contributed by atoms with Crippen molar-refractivity contribution in [2.24, 2.45) is 0 Å². The number of alkyl halides is 2. The second kappa shape index (κ2) is 2.81. The Bertz CT molecular complexity index is 354. The molecule has 1 aliphatic rings. The summed E-state index contributed by atoms with van der Waals surface area (Å²) >= 11 is 5.32. The fraction of sp³-hybridized carbons (Fsp3) is 0.200. The second-order valence-corrected chi connectivity index (χ2v) is 3.41. The lowest BCUT2D eigenvalue weighted by Crippen LogP contribution is -1.97. The third kappa shape index (κ3) is 1.46. The smallest absolute Gasteiger partial charge is 0.195 e. The van der Waals surface area contributed by atoms with Crippen LogP contribution in [0.15, 0.2) is 40.9 Å². The highest BCUT2D eigenvalue weighted by atomic mass is 35.5. The summed E-state index contributed by atoms with van der Waals surface area (Å²) in [4.78, 5) is 0. The van der Waals surface area contributed by atoms with Crippen molar-refractivity contribution >= 4 is 11.6 Å². The van der Waals surface area contributed by atoms with Crippen LogP contribution in [0.3, 0.4) is 0 Å². The van der Waals surface area contributed by atoms with Gasteiger partial charge >= 0.3 is 5.92 Å². The first-order valence-electron chi connectivity index (χ1n) is 3.93. The number of allylic oxidation sites excluding steroid dienone is 2. The molecule has 0 atom stereocenters. The van der Waals surface area contributed by atoms with Gasteiger partial charge in [-0.1, -0.05) is 41.9 Å². The number of halogens is 3. The van der Waals surface area contributed by atoms with Crippen LogP contribution in [0.25, 0.3) is 0 Å². The van der Waals surface area contributed by atoms with Crippen LogP contribution in [0.5, 0.6) is 0 Å². The zero-order valence-corrected chi connectivity index (χ0v) is 7.48. The molecule has 68 valence electrons. The van der Waals surface area contributed by atoms with E-state index < -0.39 is 5.92 Å². The second-order valence-electron chi connectivity index (χ2n) is 3.03. The van der Waals surface area contributed by atoms with Crippen molar-refractivity contribution < 1.29 is 8.78 Å². The Hall–Kier alpha value is -0.890. The van der Waals surface area contributed by atoms with Gasteiger partial charge in [-0.2, -0.15) is 8.78 Å². The lowest BCUT2D eigenvalue weighted by Gasteiger charge is -1.97. The average Bonchev–Trinajstić information content (AvgIpc) is 2.57. The maximum atomic E-state index is 12.7. The van der Waals surface area contributed by atoms with E-state index in [1.165, 1.54) is 0 Å².